The largest absolute Gasteiger partial charge is 0.487 e. The van der Waals surface area contributed by atoms with Gasteiger partial charge >= 0.3 is 0 Å². The van der Waals surface area contributed by atoms with Crippen LogP contribution in [0.2, 0.25) is 0 Å². The summed E-state index contributed by atoms with van der Waals surface area (Å²) in [6, 6.07) is 10.0. The number of nitrogens with zero attached hydrogens (tertiary/aromatic N) is 5. The van der Waals surface area contributed by atoms with Gasteiger partial charge in [-0.1, -0.05) is 0 Å². The molecule has 2 atom stereocenters. The Balaban J connectivity index is 1.61. The molecule has 1 aliphatic rings. The lowest BCUT2D eigenvalue weighted by molar-refractivity contribution is -0.0429. The summed E-state index contributed by atoms with van der Waals surface area (Å²) in [6.45, 7) is 1.72. The first kappa shape index (κ1) is 24.1. The van der Waals surface area contributed by atoms with Crippen molar-refractivity contribution < 1.29 is 9.47 Å². The van der Waals surface area contributed by atoms with Crippen molar-refractivity contribution in [2.45, 2.75) is 18.6 Å². The van der Waals surface area contributed by atoms with Crippen molar-refractivity contribution >= 4 is 55.7 Å². The summed E-state index contributed by atoms with van der Waals surface area (Å²) in [5.41, 5.74) is 12.0. The Hall–Kier alpha value is -3.60. The van der Waals surface area contributed by atoms with Crippen molar-refractivity contribution in [3.05, 3.63) is 53.9 Å². The normalized spacial score (nSPS) is 19.4. The molecule has 0 radical (unpaired) electrons. The molecule has 186 valence electrons. The Kier molecular flexibility index (Phi) is 7.08. The fraction of sp³-hybridized carbons (Fsp3) is 0.308. The molecule has 0 unspecified atom stereocenters. The van der Waals surface area contributed by atoms with E-state index >= 15 is 0 Å². The second kappa shape index (κ2) is 10.6. The van der Waals surface area contributed by atoms with Crippen LogP contribution < -0.4 is 15.8 Å². The van der Waals surface area contributed by atoms with Gasteiger partial charge in [0.25, 0.3) is 0 Å². The van der Waals surface area contributed by atoms with Crippen LogP contribution in [0.4, 0.5) is 11.5 Å². The maximum Gasteiger partial charge on any atom is 0.145 e. The van der Waals surface area contributed by atoms with Gasteiger partial charge in [-0.15, -0.1) is 11.3 Å². The highest BCUT2D eigenvalue weighted by molar-refractivity contribution is 7.16. The van der Waals surface area contributed by atoms with Gasteiger partial charge in [0.2, 0.25) is 0 Å². The molecule has 5 rings (SSSR count). The number of ether oxygens (including phenoxy) is 2. The lowest BCUT2D eigenvalue weighted by Gasteiger charge is -2.36. The van der Waals surface area contributed by atoms with Gasteiger partial charge in [0.15, 0.2) is 0 Å². The molecule has 1 saturated heterocycles. The molecular weight excluding hydrogens is 474 g/mol. The fourth-order valence-corrected chi connectivity index (χ4v) is 5.22. The van der Waals surface area contributed by atoms with E-state index in [1.54, 1.807) is 38.0 Å². The van der Waals surface area contributed by atoms with Crippen LogP contribution in [0.1, 0.15) is 12.0 Å². The molecule has 0 bridgehead atoms. The molecule has 36 heavy (non-hydrogen) atoms. The van der Waals surface area contributed by atoms with Gasteiger partial charge in [0.1, 0.15) is 30.1 Å². The first-order valence-corrected chi connectivity index (χ1v) is 12.6. The highest BCUT2D eigenvalue weighted by atomic mass is 32.1. The monoisotopic (exact) mass is 503 g/mol. The third-order valence-electron chi connectivity index (χ3n) is 6.36. The number of nitrogens with one attached hydrogen (secondary N) is 1. The zero-order valence-corrected chi connectivity index (χ0v) is 21.3. The molecule has 0 aliphatic carbocycles. The minimum atomic E-state index is -0.114. The van der Waals surface area contributed by atoms with Gasteiger partial charge in [0.05, 0.1) is 26.6 Å². The third kappa shape index (κ3) is 4.88. The second-order valence-corrected chi connectivity index (χ2v) is 9.63. The molecule has 2 aromatic carbocycles. The predicted molar refractivity (Wildman–Crippen MR) is 146 cm³/mol. The van der Waals surface area contributed by atoms with Crippen LogP contribution >= 0.6 is 11.3 Å². The van der Waals surface area contributed by atoms with Crippen LogP contribution in [-0.2, 0) is 4.74 Å². The predicted octanol–water partition coefficient (Wildman–Crippen LogP) is 4.08. The van der Waals surface area contributed by atoms with E-state index in [4.69, 9.17) is 15.2 Å². The molecule has 0 saturated carbocycles. The summed E-state index contributed by atoms with van der Waals surface area (Å²) >= 11 is 1.60. The molecular formula is C26H29N7O2S. The van der Waals surface area contributed by atoms with Crippen LogP contribution in [0.3, 0.4) is 0 Å². The lowest BCUT2D eigenvalue weighted by atomic mass is 10.0. The van der Waals surface area contributed by atoms with E-state index in [-0.39, 0.29) is 12.2 Å². The Morgan fingerprint density at radius 2 is 2.08 bits per heavy atom. The lowest BCUT2D eigenvalue weighted by Crippen LogP contribution is -2.48. The number of thiazole rings is 1. The van der Waals surface area contributed by atoms with Crippen LogP contribution in [0.5, 0.6) is 5.75 Å². The number of anilines is 2. The zero-order valence-electron chi connectivity index (χ0n) is 20.5. The molecule has 2 aromatic heterocycles. The second-order valence-electron chi connectivity index (χ2n) is 8.74. The number of rotatable bonds is 7. The van der Waals surface area contributed by atoms with E-state index in [1.165, 1.54) is 6.20 Å². The van der Waals surface area contributed by atoms with Crippen LogP contribution in [-0.4, -0.2) is 72.6 Å². The van der Waals surface area contributed by atoms with E-state index < -0.39 is 0 Å². The summed E-state index contributed by atoms with van der Waals surface area (Å²) in [7, 11) is 5.54. The molecule has 0 spiro atoms. The number of likely N-dealkylation sites (tertiary alicyclic amines) is 1. The number of benzene rings is 2. The number of allylic oxidation sites excluding steroid dienone is 1. The van der Waals surface area contributed by atoms with Crippen LogP contribution in [0.25, 0.3) is 26.7 Å². The van der Waals surface area contributed by atoms with Crippen LogP contribution in [0, 0.1) is 0 Å². The maximum absolute atomic E-state index is 6.68. The number of aromatic nitrogens is 3. The first-order chi connectivity index (χ1) is 17.6. The van der Waals surface area contributed by atoms with Gasteiger partial charge in [-0.05, 0) is 49.4 Å². The Morgan fingerprint density at radius 1 is 1.19 bits per heavy atom. The first-order valence-electron chi connectivity index (χ1n) is 11.7. The maximum atomic E-state index is 6.68. The smallest absolute Gasteiger partial charge is 0.145 e. The van der Waals surface area contributed by atoms with E-state index in [0.717, 1.165) is 57.5 Å². The fourth-order valence-electron chi connectivity index (χ4n) is 4.50. The molecule has 1 aliphatic heterocycles. The minimum Gasteiger partial charge on any atom is -0.487 e. The van der Waals surface area contributed by atoms with Gasteiger partial charge < -0.3 is 25.4 Å². The van der Waals surface area contributed by atoms with Gasteiger partial charge in [0, 0.05) is 50.9 Å². The quantitative estimate of drug-likeness (QED) is 0.363. The summed E-state index contributed by atoms with van der Waals surface area (Å²) < 4.78 is 13.6. The number of hydrogen-bond donors (Lipinski definition) is 2. The van der Waals surface area contributed by atoms with Crippen molar-refractivity contribution in [3.8, 4) is 5.75 Å². The Morgan fingerprint density at radius 3 is 2.89 bits per heavy atom. The third-order valence-corrected chi connectivity index (χ3v) is 7.15. The average molecular weight is 504 g/mol. The van der Waals surface area contributed by atoms with Gasteiger partial charge in [-0.25, -0.2) is 15.0 Å². The van der Waals surface area contributed by atoms with Crippen molar-refractivity contribution in [1.82, 2.24) is 19.9 Å². The Bertz CT molecular complexity index is 1430. The number of methoxy groups -OCH3 is 1. The number of piperidine rings is 1. The summed E-state index contributed by atoms with van der Waals surface area (Å²) in [5.74, 6) is 1.33. The molecule has 10 heteroatoms. The standard InChI is InChI=1S/C26H29N7O2S/c1-28-12-17(11-27)16-8-20-25(22(9-16)35-21-6-7-33(2)13-23(21)34-3)26(30-14-29-20)32-18-4-5-19-24(10-18)36-15-31-19/h4-5,8-12,14-15,21,23H,6-7,13,27H2,1-3H3,(H,29,30,32)/t21-,23-/m0/s1. The number of aliphatic imine (C=N–C) groups is 1. The number of nitrogens with two attached hydrogens (primary N) is 1. The topological polar surface area (TPSA) is 111 Å². The highest BCUT2D eigenvalue weighted by Crippen LogP contribution is 2.36. The Labute approximate surface area is 213 Å². The average Bonchev–Trinajstić information content (AvgIpc) is 3.36. The summed E-state index contributed by atoms with van der Waals surface area (Å²) in [5, 5.41) is 4.26. The van der Waals surface area contributed by atoms with E-state index in [1.807, 2.05) is 29.8 Å². The molecule has 0 amide bonds. The number of fused-ring (bicyclic) bond motifs is 2. The number of hydrogen-bond acceptors (Lipinski definition) is 10. The zero-order chi connectivity index (χ0) is 25.1. The SMILES string of the molecule is CN=CC(=CN)c1cc(O[C@H]2CCN(C)C[C@@H]2OC)c2c(Nc3ccc4ncsc4c3)ncnc2c1. The van der Waals surface area contributed by atoms with Crippen LogP contribution in [0.15, 0.2) is 53.4 Å². The summed E-state index contributed by atoms with van der Waals surface area (Å²) in [4.78, 5) is 19.9. The van der Waals surface area contributed by atoms with Crippen molar-refractivity contribution in [2.75, 3.05) is 39.6 Å². The highest BCUT2D eigenvalue weighted by Gasteiger charge is 2.30. The molecule has 3 heterocycles. The minimum absolute atomic E-state index is 0.0565. The number of likely N-dealkylation sites (N-methyl/N-ethyl adjacent to an activating group) is 1. The van der Waals surface area contributed by atoms with E-state index in [2.05, 4.69) is 43.3 Å². The molecule has 9 nitrogen and oxygen atoms in total. The van der Waals surface area contributed by atoms with Gasteiger partial charge in [-0.3, -0.25) is 4.99 Å². The van der Waals surface area contributed by atoms with E-state index in [0.29, 0.717) is 11.6 Å². The molecule has 3 N–H and O–H groups in total. The van der Waals surface area contributed by atoms with Gasteiger partial charge in [-0.2, -0.15) is 0 Å². The summed E-state index contributed by atoms with van der Waals surface area (Å²) in [6.07, 6.45) is 5.49. The van der Waals surface area contributed by atoms with Crippen molar-refractivity contribution in [3.63, 3.8) is 0 Å². The van der Waals surface area contributed by atoms with Crippen molar-refractivity contribution in [1.29, 1.82) is 0 Å². The molecule has 4 aromatic rings. The molecule has 1 fully saturated rings. The van der Waals surface area contributed by atoms with Crippen molar-refractivity contribution in [2.24, 2.45) is 10.7 Å². The van der Waals surface area contributed by atoms with E-state index in [9.17, 15) is 0 Å².